The molecule has 0 aromatic carbocycles. The number of rotatable bonds is 2. The van der Waals surface area contributed by atoms with Gasteiger partial charge in [0.15, 0.2) is 0 Å². The van der Waals surface area contributed by atoms with Gasteiger partial charge in [0.1, 0.15) is 0 Å². The molecule has 0 bridgehead atoms. The van der Waals surface area contributed by atoms with E-state index in [2.05, 4.69) is 6.08 Å². The fourth-order valence-electron chi connectivity index (χ4n) is 4.20. The monoisotopic (exact) mass is 277 g/mol. The van der Waals surface area contributed by atoms with Crippen LogP contribution in [0.2, 0.25) is 0 Å². The number of aliphatic carboxylic acids is 1. The predicted octanol–water partition coefficient (Wildman–Crippen LogP) is 2.44. The second kappa shape index (κ2) is 5.58. The summed E-state index contributed by atoms with van der Waals surface area (Å²) in [7, 11) is 0. The van der Waals surface area contributed by atoms with Crippen LogP contribution in [0.15, 0.2) is 12.2 Å². The van der Waals surface area contributed by atoms with Gasteiger partial charge < -0.3 is 10.0 Å². The molecule has 20 heavy (non-hydrogen) atoms. The van der Waals surface area contributed by atoms with Crippen LogP contribution < -0.4 is 0 Å². The summed E-state index contributed by atoms with van der Waals surface area (Å²) in [5.74, 6) is -1.43. The quantitative estimate of drug-likeness (QED) is 0.789. The number of hydrogen-bond acceptors (Lipinski definition) is 2. The lowest BCUT2D eigenvalue weighted by Crippen LogP contribution is -2.54. The molecule has 1 saturated carbocycles. The molecule has 110 valence electrons. The fraction of sp³-hybridized carbons (Fsp3) is 0.750. The minimum Gasteiger partial charge on any atom is -0.481 e. The zero-order chi connectivity index (χ0) is 14.1. The van der Waals surface area contributed by atoms with Crippen molar-refractivity contribution in [1.29, 1.82) is 0 Å². The summed E-state index contributed by atoms with van der Waals surface area (Å²) in [6.07, 6.45) is 11.3. The van der Waals surface area contributed by atoms with Crippen molar-refractivity contribution in [3.05, 3.63) is 12.2 Å². The number of nitrogens with zero attached hydrogens (tertiary/aromatic N) is 1. The van der Waals surface area contributed by atoms with Crippen LogP contribution in [-0.2, 0) is 9.59 Å². The Morgan fingerprint density at radius 2 is 1.95 bits per heavy atom. The Bertz CT molecular complexity index is 425. The molecule has 4 heteroatoms. The number of piperidine rings is 1. The van der Waals surface area contributed by atoms with E-state index in [4.69, 9.17) is 0 Å². The van der Waals surface area contributed by atoms with Crippen LogP contribution in [-0.4, -0.2) is 34.5 Å². The zero-order valence-electron chi connectivity index (χ0n) is 11.8. The number of fused-ring (bicyclic) bond motifs is 1. The Kier molecular flexibility index (Phi) is 3.81. The average molecular weight is 277 g/mol. The molecule has 4 nitrogen and oxygen atoms in total. The van der Waals surface area contributed by atoms with Gasteiger partial charge in [-0.1, -0.05) is 31.4 Å². The first-order valence-corrected chi connectivity index (χ1v) is 7.88. The van der Waals surface area contributed by atoms with Gasteiger partial charge in [0.05, 0.1) is 11.8 Å². The van der Waals surface area contributed by atoms with Crippen LogP contribution in [0.5, 0.6) is 0 Å². The van der Waals surface area contributed by atoms with E-state index < -0.39 is 11.9 Å². The highest BCUT2D eigenvalue weighted by atomic mass is 16.4. The van der Waals surface area contributed by atoms with Crippen molar-refractivity contribution in [2.45, 2.75) is 51.0 Å². The number of carbonyl (C=O) groups excluding carboxylic acids is 1. The van der Waals surface area contributed by atoms with Gasteiger partial charge >= 0.3 is 5.97 Å². The number of carboxylic acids is 1. The molecule has 3 rings (SSSR count). The van der Waals surface area contributed by atoms with E-state index in [0.29, 0.717) is 12.5 Å². The van der Waals surface area contributed by atoms with E-state index in [0.717, 1.165) is 25.8 Å². The molecule has 3 aliphatic rings. The fourth-order valence-corrected chi connectivity index (χ4v) is 4.20. The molecule has 0 spiro atoms. The summed E-state index contributed by atoms with van der Waals surface area (Å²) < 4.78 is 0. The number of amides is 1. The van der Waals surface area contributed by atoms with E-state index >= 15 is 0 Å². The van der Waals surface area contributed by atoms with Crippen molar-refractivity contribution in [2.24, 2.45) is 17.8 Å². The lowest BCUT2D eigenvalue weighted by atomic mass is 9.71. The first-order valence-electron chi connectivity index (χ1n) is 7.88. The van der Waals surface area contributed by atoms with Crippen LogP contribution in [0.1, 0.15) is 44.9 Å². The molecule has 1 saturated heterocycles. The summed E-state index contributed by atoms with van der Waals surface area (Å²) in [4.78, 5) is 26.2. The van der Waals surface area contributed by atoms with E-state index in [1.54, 1.807) is 0 Å². The normalized spacial score (nSPS) is 34.9. The Morgan fingerprint density at radius 3 is 2.65 bits per heavy atom. The third-order valence-electron chi connectivity index (χ3n) is 5.27. The molecule has 2 fully saturated rings. The SMILES string of the molecule is O=C(O)[C@H]1CC=C[C@H]2CCN(C3CCCCC3)C(=O)[C@H]12. The van der Waals surface area contributed by atoms with Crippen molar-refractivity contribution in [3.8, 4) is 0 Å². The van der Waals surface area contributed by atoms with Crippen molar-refractivity contribution in [3.63, 3.8) is 0 Å². The molecule has 3 atom stereocenters. The third-order valence-corrected chi connectivity index (χ3v) is 5.27. The maximum atomic E-state index is 12.8. The van der Waals surface area contributed by atoms with Crippen molar-refractivity contribution >= 4 is 11.9 Å². The molecule has 0 aromatic heterocycles. The largest absolute Gasteiger partial charge is 0.481 e. The smallest absolute Gasteiger partial charge is 0.307 e. The Morgan fingerprint density at radius 1 is 1.20 bits per heavy atom. The molecular weight excluding hydrogens is 254 g/mol. The van der Waals surface area contributed by atoms with Crippen LogP contribution in [0.4, 0.5) is 0 Å². The Labute approximate surface area is 119 Å². The lowest BCUT2D eigenvalue weighted by molar-refractivity contribution is -0.156. The predicted molar refractivity (Wildman–Crippen MR) is 75.1 cm³/mol. The van der Waals surface area contributed by atoms with Gasteiger partial charge in [-0.3, -0.25) is 9.59 Å². The van der Waals surface area contributed by atoms with Crippen molar-refractivity contribution in [2.75, 3.05) is 6.54 Å². The molecule has 0 unspecified atom stereocenters. The number of hydrogen-bond donors (Lipinski definition) is 1. The molecular formula is C16H23NO3. The first-order chi connectivity index (χ1) is 9.68. The van der Waals surface area contributed by atoms with E-state index in [1.807, 2.05) is 11.0 Å². The van der Waals surface area contributed by atoms with Gasteiger partial charge in [0.25, 0.3) is 0 Å². The van der Waals surface area contributed by atoms with Gasteiger partial charge in [0, 0.05) is 12.6 Å². The Balaban J connectivity index is 1.79. The van der Waals surface area contributed by atoms with Crippen LogP contribution >= 0.6 is 0 Å². The third kappa shape index (κ3) is 2.36. The minimum atomic E-state index is -0.816. The minimum absolute atomic E-state index is 0.102. The van der Waals surface area contributed by atoms with Gasteiger partial charge in [-0.05, 0) is 31.6 Å². The molecule has 1 amide bonds. The summed E-state index contributed by atoms with van der Waals surface area (Å²) in [5.41, 5.74) is 0. The van der Waals surface area contributed by atoms with Crippen molar-refractivity contribution in [1.82, 2.24) is 4.90 Å². The van der Waals surface area contributed by atoms with E-state index in [-0.39, 0.29) is 17.7 Å². The maximum Gasteiger partial charge on any atom is 0.307 e. The summed E-state index contributed by atoms with van der Waals surface area (Å²) >= 11 is 0. The first kappa shape index (κ1) is 13.7. The number of carbonyl (C=O) groups is 2. The molecule has 1 N–H and O–H groups in total. The summed E-state index contributed by atoms with van der Waals surface area (Å²) in [5, 5.41) is 9.39. The molecule has 2 aliphatic carbocycles. The number of carboxylic acid groups (broad SMARTS) is 1. The highest BCUT2D eigenvalue weighted by molar-refractivity contribution is 5.86. The van der Waals surface area contributed by atoms with E-state index in [9.17, 15) is 14.7 Å². The van der Waals surface area contributed by atoms with Crippen LogP contribution in [0.3, 0.4) is 0 Å². The van der Waals surface area contributed by atoms with Gasteiger partial charge in [-0.25, -0.2) is 0 Å². The van der Waals surface area contributed by atoms with Gasteiger partial charge in [-0.15, -0.1) is 0 Å². The standard InChI is InChI=1S/C16H23NO3/c18-15-14-11(5-4-8-13(14)16(19)20)9-10-17(15)12-6-2-1-3-7-12/h4-5,11-14H,1-3,6-10H2,(H,19,20)/t11-,13-,14-/m0/s1. The van der Waals surface area contributed by atoms with Crippen LogP contribution in [0, 0.1) is 17.8 Å². The number of allylic oxidation sites excluding steroid dienone is 2. The summed E-state index contributed by atoms with van der Waals surface area (Å²) in [6, 6.07) is 0.359. The average Bonchev–Trinajstić information content (AvgIpc) is 2.48. The number of likely N-dealkylation sites (tertiary alicyclic amines) is 1. The highest BCUT2D eigenvalue weighted by Crippen LogP contribution is 2.39. The highest BCUT2D eigenvalue weighted by Gasteiger charge is 2.46. The van der Waals surface area contributed by atoms with Gasteiger partial charge in [-0.2, -0.15) is 0 Å². The van der Waals surface area contributed by atoms with E-state index in [1.165, 1.54) is 19.3 Å². The molecule has 1 heterocycles. The second-order valence-corrected chi connectivity index (χ2v) is 6.41. The van der Waals surface area contributed by atoms with Gasteiger partial charge in [0.2, 0.25) is 5.91 Å². The van der Waals surface area contributed by atoms with Crippen LogP contribution in [0.25, 0.3) is 0 Å². The molecule has 1 aliphatic heterocycles. The summed E-state index contributed by atoms with van der Waals surface area (Å²) in [6.45, 7) is 0.807. The zero-order valence-corrected chi connectivity index (χ0v) is 11.8. The Hall–Kier alpha value is -1.32. The molecule has 0 radical (unpaired) electrons. The molecule has 0 aromatic rings. The van der Waals surface area contributed by atoms with Crippen molar-refractivity contribution < 1.29 is 14.7 Å². The topological polar surface area (TPSA) is 57.6 Å². The lowest BCUT2D eigenvalue weighted by Gasteiger charge is -2.45. The second-order valence-electron chi connectivity index (χ2n) is 6.41. The maximum absolute atomic E-state index is 12.8.